The molecule has 4 rings (SSSR count). The van der Waals surface area contributed by atoms with Crippen molar-refractivity contribution >= 4 is 32.5 Å². The molecule has 0 bridgehead atoms. The first-order valence-corrected chi connectivity index (χ1v) is 13.4. The van der Waals surface area contributed by atoms with Crippen LogP contribution in [0.3, 0.4) is 0 Å². The predicted octanol–water partition coefficient (Wildman–Crippen LogP) is 3.82. The number of anilines is 2. The van der Waals surface area contributed by atoms with Gasteiger partial charge in [-0.3, -0.25) is 4.90 Å². The number of nitrogens with zero attached hydrogens (tertiary/aromatic N) is 3. The Hall–Kier alpha value is -2.78. The number of H-pyrrole nitrogens is 1. The first kappa shape index (κ1) is 23.4. The molecule has 3 aromatic rings. The van der Waals surface area contributed by atoms with Crippen LogP contribution in [-0.2, 0) is 16.7 Å². The highest BCUT2D eigenvalue weighted by Crippen LogP contribution is 2.29. The van der Waals surface area contributed by atoms with E-state index in [1.54, 1.807) is 12.1 Å². The van der Waals surface area contributed by atoms with Gasteiger partial charge in [0.2, 0.25) is 0 Å². The van der Waals surface area contributed by atoms with Gasteiger partial charge in [0.1, 0.15) is 5.75 Å². The fraction of sp³-hybridized carbons (Fsp3) is 0.458. The third-order valence-electron chi connectivity index (χ3n) is 6.06. The van der Waals surface area contributed by atoms with Crippen LogP contribution in [0.15, 0.2) is 42.6 Å². The van der Waals surface area contributed by atoms with Crippen molar-refractivity contribution in [2.24, 2.45) is 0 Å². The summed E-state index contributed by atoms with van der Waals surface area (Å²) in [6.07, 6.45) is 5.09. The minimum absolute atomic E-state index is 0.324. The van der Waals surface area contributed by atoms with Gasteiger partial charge in [0.25, 0.3) is 0 Å². The molecule has 0 aliphatic carbocycles. The Kier molecular flexibility index (Phi) is 7.09. The minimum atomic E-state index is -3.54. The maximum absolute atomic E-state index is 11.4. The Bertz CT molecular complexity index is 1190. The number of nitrogens with one attached hydrogen (secondary N) is 2. The number of piperidine rings is 1. The summed E-state index contributed by atoms with van der Waals surface area (Å²) in [4.78, 5) is 13.0. The van der Waals surface area contributed by atoms with E-state index in [9.17, 15) is 8.42 Å². The molecule has 2 aromatic heterocycles. The monoisotopic (exact) mass is 471 g/mol. The van der Waals surface area contributed by atoms with Crippen LogP contribution in [0.2, 0.25) is 0 Å². The molecule has 0 amide bonds. The van der Waals surface area contributed by atoms with Crippen LogP contribution < -0.4 is 14.4 Å². The Labute approximate surface area is 196 Å². The lowest BCUT2D eigenvalue weighted by atomic mass is 10.0. The van der Waals surface area contributed by atoms with Gasteiger partial charge in [-0.2, -0.15) is 8.42 Å². The molecule has 178 valence electrons. The van der Waals surface area contributed by atoms with Crippen molar-refractivity contribution < 1.29 is 12.6 Å². The molecule has 0 unspecified atom stereocenters. The fourth-order valence-electron chi connectivity index (χ4n) is 4.64. The lowest BCUT2D eigenvalue weighted by Crippen LogP contribution is -2.45. The Morgan fingerprint density at radius 3 is 2.70 bits per heavy atom. The van der Waals surface area contributed by atoms with Crippen LogP contribution in [-0.4, -0.2) is 61.8 Å². The van der Waals surface area contributed by atoms with Crippen molar-refractivity contribution in [1.29, 1.82) is 0 Å². The van der Waals surface area contributed by atoms with Crippen LogP contribution >= 0.6 is 0 Å². The number of likely N-dealkylation sites (tertiary alicyclic amines) is 1. The van der Waals surface area contributed by atoms with E-state index in [1.807, 2.05) is 18.3 Å². The summed E-state index contributed by atoms with van der Waals surface area (Å²) < 4.78 is 27.8. The number of hydrogen-bond donors (Lipinski definition) is 2. The average molecular weight is 472 g/mol. The number of pyridine rings is 1. The lowest BCUT2D eigenvalue weighted by molar-refractivity contribution is 0.200. The van der Waals surface area contributed by atoms with E-state index in [0.717, 1.165) is 79.9 Å². The summed E-state index contributed by atoms with van der Waals surface area (Å²) >= 11 is 0. The van der Waals surface area contributed by atoms with Gasteiger partial charge in [-0.1, -0.05) is 0 Å². The zero-order chi connectivity index (χ0) is 23.4. The predicted molar refractivity (Wildman–Crippen MR) is 133 cm³/mol. The van der Waals surface area contributed by atoms with Crippen LogP contribution in [0.4, 0.5) is 11.5 Å². The molecular weight excluding hydrogens is 438 g/mol. The molecule has 2 N–H and O–H groups in total. The van der Waals surface area contributed by atoms with E-state index < -0.39 is 10.1 Å². The minimum Gasteiger partial charge on any atom is -0.383 e. The number of hydrogen-bond acceptors (Lipinski definition) is 7. The molecule has 1 fully saturated rings. The summed E-state index contributed by atoms with van der Waals surface area (Å²) in [5.74, 6) is 1.37. The SMILES string of the molecule is CCNc1cccnc1N(CC)C1CCN(Cc2cc3ccc(OS(C)(=O)=O)cc3[nH]2)CC1. The molecule has 1 aliphatic heterocycles. The second kappa shape index (κ2) is 10.0. The van der Waals surface area contributed by atoms with Crippen LogP contribution in [0, 0.1) is 0 Å². The maximum atomic E-state index is 11.4. The van der Waals surface area contributed by atoms with Gasteiger partial charge in [-0.25, -0.2) is 4.98 Å². The Morgan fingerprint density at radius 1 is 1.21 bits per heavy atom. The molecular formula is C24H33N5O3S. The van der Waals surface area contributed by atoms with E-state index >= 15 is 0 Å². The molecule has 0 saturated carbocycles. The van der Waals surface area contributed by atoms with Crippen LogP contribution in [0.1, 0.15) is 32.4 Å². The number of aromatic amines is 1. The summed E-state index contributed by atoms with van der Waals surface area (Å²) in [6, 6.07) is 12.0. The molecule has 1 saturated heterocycles. The smallest absolute Gasteiger partial charge is 0.306 e. The van der Waals surface area contributed by atoms with Crippen molar-refractivity contribution in [1.82, 2.24) is 14.9 Å². The highest BCUT2D eigenvalue weighted by molar-refractivity contribution is 7.86. The molecule has 8 nitrogen and oxygen atoms in total. The summed E-state index contributed by atoms with van der Waals surface area (Å²) in [7, 11) is -3.54. The first-order valence-electron chi connectivity index (χ1n) is 11.5. The van der Waals surface area contributed by atoms with E-state index in [4.69, 9.17) is 4.18 Å². The lowest BCUT2D eigenvalue weighted by Gasteiger charge is -2.39. The van der Waals surface area contributed by atoms with Gasteiger partial charge < -0.3 is 19.4 Å². The standard InChI is InChI=1S/C24H33N5O3S/c1-4-25-22-7-6-12-26-24(22)29(5-2)20-10-13-28(14-11-20)17-19-15-18-8-9-21(16-23(18)27-19)32-33(3,30)31/h6-9,12,15-16,20,25,27H,4-5,10-11,13-14,17H2,1-3H3. The molecule has 1 aliphatic rings. The summed E-state index contributed by atoms with van der Waals surface area (Å²) in [6.45, 7) is 8.98. The number of benzene rings is 1. The third kappa shape index (κ3) is 5.78. The highest BCUT2D eigenvalue weighted by atomic mass is 32.2. The zero-order valence-electron chi connectivity index (χ0n) is 19.5. The summed E-state index contributed by atoms with van der Waals surface area (Å²) in [5.41, 5.74) is 3.09. The van der Waals surface area contributed by atoms with Crippen LogP contribution in [0.5, 0.6) is 5.75 Å². The van der Waals surface area contributed by atoms with E-state index in [0.29, 0.717) is 11.8 Å². The maximum Gasteiger partial charge on any atom is 0.306 e. The van der Waals surface area contributed by atoms with Crippen molar-refractivity contribution in [3.63, 3.8) is 0 Å². The van der Waals surface area contributed by atoms with Gasteiger partial charge in [0.05, 0.1) is 11.9 Å². The molecule has 9 heteroatoms. The number of aromatic nitrogens is 2. The first-order chi connectivity index (χ1) is 15.9. The van der Waals surface area contributed by atoms with Gasteiger partial charge in [-0.15, -0.1) is 0 Å². The highest BCUT2D eigenvalue weighted by Gasteiger charge is 2.26. The molecule has 0 atom stereocenters. The molecule has 33 heavy (non-hydrogen) atoms. The van der Waals surface area contributed by atoms with Gasteiger partial charge in [-0.05, 0) is 62.4 Å². The van der Waals surface area contributed by atoms with Crippen LogP contribution in [0.25, 0.3) is 10.9 Å². The Morgan fingerprint density at radius 2 is 2.00 bits per heavy atom. The van der Waals surface area contributed by atoms with E-state index in [2.05, 4.69) is 51.1 Å². The summed E-state index contributed by atoms with van der Waals surface area (Å²) in [5, 5.41) is 4.48. The number of fused-ring (bicyclic) bond motifs is 1. The average Bonchev–Trinajstić information content (AvgIpc) is 3.17. The molecule has 0 spiro atoms. The number of rotatable bonds is 9. The normalized spacial score (nSPS) is 15.6. The third-order valence-corrected chi connectivity index (χ3v) is 6.55. The van der Waals surface area contributed by atoms with Gasteiger partial charge in [0.15, 0.2) is 5.82 Å². The largest absolute Gasteiger partial charge is 0.383 e. The molecule has 0 radical (unpaired) electrons. The van der Waals surface area contributed by atoms with E-state index in [-0.39, 0.29) is 0 Å². The zero-order valence-corrected chi connectivity index (χ0v) is 20.4. The second-order valence-corrected chi connectivity index (χ2v) is 10.1. The fourth-order valence-corrected chi connectivity index (χ4v) is 5.10. The van der Waals surface area contributed by atoms with Crippen molar-refractivity contribution in [3.8, 4) is 5.75 Å². The quantitative estimate of drug-likeness (QED) is 0.459. The molecule has 1 aromatic carbocycles. The molecule has 3 heterocycles. The van der Waals surface area contributed by atoms with Crippen molar-refractivity contribution in [3.05, 3.63) is 48.3 Å². The van der Waals surface area contributed by atoms with Gasteiger partial charge in [0, 0.05) is 62.2 Å². The Balaban J connectivity index is 1.39. The second-order valence-electron chi connectivity index (χ2n) is 8.53. The van der Waals surface area contributed by atoms with Gasteiger partial charge >= 0.3 is 10.1 Å². The van der Waals surface area contributed by atoms with E-state index in [1.165, 1.54) is 0 Å². The van der Waals surface area contributed by atoms with Crippen molar-refractivity contribution in [2.75, 3.05) is 42.7 Å². The topological polar surface area (TPSA) is 90.6 Å². The van der Waals surface area contributed by atoms with Crippen molar-refractivity contribution in [2.45, 2.75) is 39.3 Å².